The van der Waals surface area contributed by atoms with E-state index in [1.165, 1.54) is 11.0 Å². The number of carbonyl (C=O) groups is 3. The van der Waals surface area contributed by atoms with Crippen LogP contribution in [0.15, 0.2) is 12.1 Å². The normalized spacial score (nSPS) is 21.4. The maximum absolute atomic E-state index is 14.1. The Morgan fingerprint density at radius 2 is 2.00 bits per heavy atom. The fourth-order valence-corrected chi connectivity index (χ4v) is 3.19. The number of carbonyl (C=O) groups excluding carboxylic acids is 3. The number of piperidine rings is 1. The first kappa shape index (κ1) is 14.7. The van der Waals surface area contributed by atoms with Gasteiger partial charge in [-0.25, -0.2) is 4.39 Å². The van der Waals surface area contributed by atoms with Crippen LogP contribution in [0.4, 0.5) is 4.39 Å². The molecule has 1 aromatic carbocycles. The summed E-state index contributed by atoms with van der Waals surface area (Å²) in [6.07, 6.45) is 0.471. The molecule has 0 radical (unpaired) electrons. The fraction of sp³-hybridized carbons (Fsp3) is 0.438. The van der Waals surface area contributed by atoms with Crippen LogP contribution >= 0.6 is 0 Å². The third kappa shape index (κ3) is 2.19. The van der Waals surface area contributed by atoms with Gasteiger partial charge < -0.3 is 4.90 Å². The molecule has 0 spiro atoms. The van der Waals surface area contributed by atoms with E-state index in [1.807, 2.05) is 13.8 Å². The van der Waals surface area contributed by atoms with Crippen molar-refractivity contribution in [2.24, 2.45) is 0 Å². The molecule has 2 aliphatic rings. The fourth-order valence-electron chi connectivity index (χ4n) is 3.19. The Bertz CT molecular complexity index is 684. The topological polar surface area (TPSA) is 66.5 Å². The van der Waals surface area contributed by atoms with Gasteiger partial charge in [-0.3, -0.25) is 19.7 Å². The molecule has 6 heteroatoms. The van der Waals surface area contributed by atoms with Crippen LogP contribution < -0.4 is 5.32 Å². The molecule has 1 aromatic rings. The third-order valence-electron chi connectivity index (χ3n) is 4.31. The van der Waals surface area contributed by atoms with Gasteiger partial charge in [0.15, 0.2) is 0 Å². The standard InChI is InChI=1S/C16H17FN2O3/c1-8(2)9-3-4-11(17)14-10(9)7-19(16(14)22)12-5-6-13(20)18-15(12)21/h3-4,8,12H,5-7H2,1-2H3,(H,18,20,21). The summed E-state index contributed by atoms with van der Waals surface area (Å²) >= 11 is 0. The first-order valence-corrected chi connectivity index (χ1v) is 7.36. The van der Waals surface area contributed by atoms with Crippen molar-refractivity contribution in [3.63, 3.8) is 0 Å². The van der Waals surface area contributed by atoms with Crippen LogP contribution in [0.5, 0.6) is 0 Å². The van der Waals surface area contributed by atoms with E-state index in [-0.39, 0.29) is 36.8 Å². The van der Waals surface area contributed by atoms with Crippen LogP contribution in [0.3, 0.4) is 0 Å². The molecular formula is C16H17FN2O3. The molecular weight excluding hydrogens is 287 g/mol. The van der Waals surface area contributed by atoms with E-state index < -0.39 is 23.7 Å². The van der Waals surface area contributed by atoms with Gasteiger partial charge in [-0.05, 0) is 29.5 Å². The zero-order valence-corrected chi connectivity index (χ0v) is 12.5. The van der Waals surface area contributed by atoms with E-state index in [9.17, 15) is 18.8 Å². The van der Waals surface area contributed by atoms with Gasteiger partial charge in [0.05, 0.1) is 5.56 Å². The summed E-state index contributed by atoms with van der Waals surface area (Å²) in [6, 6.07) is 2.29. The van der Waals surface area contributed by atoms with Crippen molar-refractivity contribution >= 4 is 17.7 Å². The number of benzene rings is 1. The molecule has 2 heterocycles. The van der Waals surface area contributed by atoms with Gasteiger partial charge in [-0.1, -0.05) is 19.9 Å². The molecule has 1 fully saturated rings. The molecule has 2 aliphatic heterocycles. The second kappa shape index (κ2) is 5.19. The smallest absolute Gasteiger partial charge is 0.258 e. The third-order valence-corrected chi connectivity index (χ3v) is 4.31. The molecule has 1 atom stereocenters. The summed E-state index contributed by atoms with van der Waals surface area (Å²) < 4.78 is 14.1. The minimum Gasteiger partial charge on any atom is -0.322 e. The van der Waals surface area contributed by atoms with Gasteiger partial charge >= 0.3 is 0 Å². The molecule has 1 saturated heterocycles. The van der Waals surface area contributed by atoms with Gasteiger partial charge in [0.2, 0.25) is 11.8 Å². The second-order valence-electron chi connectivity index (χ2n) is 6.04. The average molecular weight is 304 g/mol. The predicted molar refractivity (Wildman–Crippen MR) is 76.5 cm³/mol. The molecule has 3 rings (SSSR count). The molecule has 0 aromatic heterocycles. The van der Waals surface area contributed by atoms with Crippen molar-refractivity contribution < 1.29 is 18.8 Å². The van der Waals surface area contributed by atoms with Gasteiger partial charge in [0, 0.05) is 13.0 Å². The largest absolute Gasteiger partial charge is 0.322 e. The van der Waals surface area contributed by atoms with Gasteiger partial charge in [-0.2, -0.15) is 0 Å². The van der Waals surface area contributed by atoms with Crippen LogP contribution in [0, 0.1) is 5.82 Å². The Morgan fingerprint density at radius 1 is 1.27 bits per heavy atom. The zero-order chi connectivity index (χ0) is 16.0. The summed E-state index contributed by atoms with van der Waals surface area (Å²) in [5.41, 5.74) is 1.64. The summed E-state index contributed by atoms with van der Waals surface area (Å²) in [5.74, 6) is -1.68. The minimum atomic E-state index is -0.711. The second-order valence-corrected chi connectivity index (χ2v) is 6.04. The Kier molecular flexibility index (Phi) is 3.47. The summed E-state index contributed by atoms with van der Waals surface area (Å²) in [7, 11) is 0. The van der Waals surface area contributed by atoms with Gasteiger partial charge in [-0.15, -0.1) is 0 Å². The summed E-state index contributed by atoms with van der Waals surface area (Å²) in [6.45, 7) is 4.17. The number of fused-ring (bicyclic) bond motifs is 1. The monoisotopic (exact) mass is 304 g/mol. The quantitative estimate of drug-likeness (QED) is 0.846. The number of hydrogen-bond acceptors (Lipinski definition) is 3. The molecule has 1 unspecified atom stereocenters. The zero-order valence-electron chi connectivity index (χ0n) is 12.5. The predicted octanol–water partition coefficient (Wildman–Crippen LogP) is 1.71. The Balaban J connectivity index is 1.97. The highest BCUT2D eigenvalue weighted by molar-refractivity contribution is 6.05. The number of rotatable bonds is 2. The lowest BCUT2D eigenvalue weighted by Gasteiger charge is -2.29. The molecule has 5 nitrogen and oxygen atoms in total. The molecule has 3 amide bonds. The van der Waals surface area contributed by atoms with Crippen molar-refractivity contribution in [2.75, 3.05) is 0 Å². The van der Waals surface area contributed by atoms with E-state index in [1.54, 1.807) is 6.07 Å². The van der Waals surface area contributed by atoms with Crippen LogP contribution in [0.25, 0.3) is 0 Å². The lowest BCUT2D eigenvalue weighted by Crippen LogP contribution is -2.52. The van der Waals surface area contributed by atoms with E-state index in [2.05, 4.69) is 5.32 Å². The van der Waals surface area contributed by atoms with E-state index in [4.69, 9.17) is 0 Å². The highest BCUT2D eigenvalue weighted by atomic mass is 19.1. The summed E-state index contributed by atoms with van der Waals surface area (Å²) in [5, 5.41) is 2.24. The Hall–Kier alpha value is -2.24. The van der Waals surface area contributed by atoms with E-state index in [0.29, 0.717) is 5.56 Å². The Labute approximate surface area is 127 Å². The number of nitrogens with one attached hydrogen (secondary N) is 1. The van der Waals surface area contributed by atoms with Crippen molar-refractivity contribution in [1.82, 2.24) is 10.2 Å². The van der Waals surface area contributed by atoms with Gasteiger partial charge in [0.25, 0.3) is 5.91 Å². The first-order valence-electron chi connectivity index (χ1n) is 7.36. The maximum Gasteiger partial charge on any atom is 0.258 e. The van der Waals surface area contributed by atoms with Crippen molar-refractivity contribution in [3.05, 3.63) is 34.6 Å². The number of halogens is 1. The van der Waals surface area contributed by atoms with E-state index >= 15 is 0 Å². The Morgan fingerprint density at radius 3 is 2.64 bits per heavy atom. The molecule has 0 bridgehead atoms. The van der Waals surface area contributed by atoms with Crippen molar-refractivity contribution in [3.8, 4) is 0 Å². The summed E-state index contributed by atoms with van der Waals surface area (Å²) in [4.78, 5) is 37.1. The number of imide groups is 1. The number of hydrogen-bond donors (Lipinski definition) is 1. The van der Waals surface area contributed by atoms with Crippen LogP contribution in [-0.4, -0.2) is 28.7 Å². The maximum atomic E-state index is 14.1. The van der Waals surface area contributed by atoms with E-state index in [0.717, 1.165) is 5.56 Å². The molecule has 0 saturated carbocycles. The molecule has 22 heavy (non-hydrogen) atoms. The number of nitrogens with zero attached hydrogens (tertiary/aromatic N) is 1. The van der Waals surface area contributed by atoms with Crippen LogP contribution in [-0.2, 0) is 16.1 Å². The minimum absolute atomic E-state index is 0.0656. The number of amides is 3. The lowest BCUT2D eigenvalue weighted by molar-refractivity contribution is -0.136. The highest BCUT2D eigenvalue weighted by Crippen LogP contribution is 2.34. The van der Waals surface area contributed by atoms with Crippen LogP contribution in [0.1, 0.15) is 54.1 Å². The van der Waals surface area contributed by atoms with Crippen molar-refractivity contribution in [1.29, 1.82) is 0 Å². The first-order chi connectivity index (χ1) is 10.4. The average Bonchev–Trinajstić information content (AvgIpc) is 2.77. The molecule has 0 aliphatic carbocycles. The molecule has 1 N–H and O–H groups in total. The van der Waals surface area contributed by atoms with Gasteiger partial charge in [0.1, 0.15) is 11.9 Å². The SMILES string of the molecule is CC(C)c1ccc(F)c2c1CN(C1CCC(=O)NC1=O)C2=O. The van der Waals surface area contributed by atoms with Crippen molar-refractivity contribution in [2.45, 2.75) is 45.2 Å². The van der Waals surface area contributed by atoms with Crippen LogP contribution in [0.2, 0.25) is 0 Å². The highest BCUT2D eigenvalue weighted by Gasteiger charge is 2.41. The lowest BCUT2D eigenvalue weighted by atomic mass is 9.94. The molecule has 116 valence electrons.